The molecule has 3 aromatic rings. The van der Waals surface area contributed by atoms with Crippen LogP contribution in [0.5, 0.6) is 10.9 Å². The van der Waals surface area contributed by atoms with Crippen LogP contribution in [0, 0.1) is 12.3 Å². The standard InChI is InChI=1S/C24H26ClN5O4S/c1-14-18(33-2)16(15-3-11-26-12-4-15)17(19(25)27-14)20(31)28-21-29-30-22(35-21)34-13-23-5-8-24(32,9-6-23)10-7-23/h3-4,11-12,32H,5-10,13H2,1-2H3,(H,28,29,31). The Kier molecular flexibility index (Phi) is 6.37. The van der Waals surface area contributed by atoms with Crippen molar-refractivity contribution in [2.75, 3.05) is 19.0 Å². The van der Waals surface area contributed by atoms with Crippen molar-refractivity contribution in [3.8, 4) is 22.1 Å². The summed E-state index contributed by atoms with van der Waals surface area (Å²) < 4.78 is 11.5. The van der Waals surface area contributed by atoms with E-state index in [9.17, 15) is 9.90 Å². The molecule has 3 aliphatic carbocycles. The maximum Gasteiger partial charge on any atom is 0.295 e. The Morgan fingerprint density at radius 2 is 1.86 bits per heavy atom. The minimum absolute atomic E-state index is 0.0576. The third kappa shape index (κ3) is 4.70. The van der Waals surface area contributed by atoms with Gasteiger partial charge >= 0.3 is 0 Å². The van der Waals surface area contributed by atoms with E-state index in [1.807, 2.05) is 0 Å². The molecule has 6 rings (SSSR count). The van der Waals surface area contributed by atoms with Crippen LogP contribution in [0.25, 0.3) is 11.1 Å². The molecule has 0 saturated heterocycles. The molecule has 3 aliphatic rings. The van der Waals surface area contributed by atoms with Gasteiger partial charge in [0.05, 0.1) is 30.6 Å². The van der Waals surface area contributed by atoms with Gasteiger partial charge in [-0.2, -0.15) is 0 Å². The summed E-state index contributed by atoms with van der Waals surface area (Å²) in [6, 6.07) is 3.55. The van der Waals surface area contributed by atoms with Gasteiger partial charge in [0, 0.05) is 23.4 Å². The van der Waals surface area contributed by atoms with Crippen molar-refractivity contribution >= 4 is 34.0 Å². The van der Waals surface area contributed by atoms with Crippen LogP contribution >= 0.6 is 22.9 Å². The van der Waals surface area contributed by atoms with E-state index in [0.717, 1.165) is 55.4 Å². The molecule has 2 bridgehead atoms. The molecule has 11 heteroatoms. The van der Waals surface area contributed by atoms with Crippen LogP contribution in [-0.4, -0.2) is 50.5 Å². The summed E-state index contributed by atoms with van der Waals surface area (Å²) >= 11 is 7.60. The van der Waals surface area contributed by atoms with Gasteiger partial charge in [0.25, 0.3) is 11.1 Å². The number of nitrogens with one attached hydrogen (secondary N) is 1. The molecule has 3 aromatic heterocycles. The zero-order valence-electron chi connectivity index (χ0n) is 19.5. The first kappa shape index (κ1) is 23.9. The van der Waals surface area contributed by atoms with Crippen LogP contribution in [-0.2, 0) is 0 Å². The van der Waals surface area contributed by atoms with Crippen molar-refractivity contribution in [2.45, 2.75) is 51.0 Å². The third-order valence-corrected chi connectivity index (χ3v) is 8.19. The highest BCUT2D eigenvalue weighted by Crippen LogP contribution is 2.52. The Bertz CT molecular complexity index is 1230. The smallest absolute Gasteiger partial charge is 0.295 e. The van der Waals surface area contributed by atoms with Crippen molar-refractivity contribution in [3.05, 3.63) is 40.9 Å². The number of rotatable bonds is 7. The number of methoxy groups -OCH3 is 1. The molecule has 0 atom stereocenters. The van der Waals surface area contributed by atoms with E-state index < -0.39 is 11.5 Å². The molecule has 35 heavy (non-hydrogen) atoms. The fraction of sp³-hybridized carbons (Fsp3) is 0.458. The number of carbonyl (C=O) groups excluding carboxylic acids is 1. The zero-order valence-corrected chi connectivity index (χ0v) is 21.1. The minimum atomic E-state index is -0.480. The molecular weight excluding hydrogens is 490 g/mol. The fourth-order valence-corrected chi connectivity index (χ4v) is 5.95. The Balaban J connectivity index is 1.34. The van der Waals surface area contributed by atoms with Crippen molar-refractivity contribution in [2.24, 2.45) is 5.41 Å². The summed E-state index contributed by atoms with van der Waals surface area (Å²) in [6.45, 7) is 2.30. The van der Waals surface area contributed by atoms with Crippen molar-refractivity contribution < 1.29 is 19.4 Å². The molecule has 184 valence electrons. The first-order chi connectivity index (χ1) is 16.8. The van der Waals surface area contributed by atoms with E-state index in [1.54, 1.807) is 31.5 Å². The van der Waals surface area contributed by atoms with E-state index >= 15 is 0 Å². The van der Waals surface area contributed by atoms with Crippen LogP contribution in [0.15, 0.2) is 24.5 Å². The highest BCUT2D eigenvalue weighted by molar-refractivity contribution is 7.17. The van der Waals surface area contributed by atoms with Crippen molar-refractivity contribution in [1.82, 2.24) is 20.2 Å². The lowest BCUT2D eigenvalue weighted by molar-refractivity contribution is -0.103. The van der Waals surface area contributed by atoms with E-state index in [4.69, 9.17) is 21.1 Å². The van der Waals surface area contributed by atoms with E-state index in [0.29, 0.717) is 33.9 Å². The number of carbonyl (C=O) groups is 1. The largest absolute Gasteiger partial charge is 0.494 e. The molecule has 0 radical (unpaired) electrons. The second-order valence-corrected chi connectivity index (χ2v) is 10.6. The van der Waals surface area contributed by atoms with Crippen LogP contribution in [0.4, 0.5) is 5.13 Å². The molecule has 1 amide bonds. The maximum absolute atomic E-state index is 13.3. The number of amides is 1. The average Bonchev–Trinajstić information content (AvgIpc) is 3.31. The Morgan fingerprint density at radius 1 is 1.17 bits per heavy atom. The summed E-state index contributed by atoms with van der Waals surface area (Å²) in [6.07, 6.45) is 8.58. The van der Waals surface area contributed by atoms with Gasteiger partial charge in [-0.25, -0.2) is 4.98 Å². The zero-order chi connectivity index (χ0) is 24.6. The minimum Gasteiger partial charge on any atom is -0.494 e. The maximum atomic E-state index is 13.3. The number of pyridine rings is 2. The van der Waals surface area contributed by atoms with Gasteiger partial charge in [0.2, 0.25) is 5.13 Å². The molecule has 0 unspecified atom stereocenters. The van der Waals surface area contributed by atoms with E-state index in [1.165, 1.54) is 7.11 Å². The molecule has 3 heterocycles. The number of fused-ring (bicyclic) bond motifs is 3. The van der Waals surface area contributed by atoms with Gasteiger partial charge in [-0.05, 0) is 74.5 Å². The number of hydrogen-bond donors (Lipinski definition) is 2. The predicted molar refractivity (Wildman–Crippen MR) is 132 cm³/mol. The lowest BCUT2D eigenvalue weighted by Crippen LogP contribution is -2.48. The van der Waals surface area contributed by atoms with Gasteiger partial charge in [0.15, 0.2) is 0 Å². The first-order valence-corrected chi connectivity index (χ1v) is 12.7. The highest BCUT2D eigenvalue weighted by Gasteiger charge is 2.48. The normalized spacial score (nSPS) is 23.2. The summed E-state index contributed by atoms with van der Waals surface area (Å²) in [5.74, 6) is -0.0223. The van der Waals surface area contributed by atoms with Crippen molar-refractivity contribution in [3.63, 3.8) is 0 Å². The second kappa shape index (κ2) is 9.33. The summed E-state index contributed by atoms with van der Waals surface area (Å²) in [5.41, 5.74) is 1.59. The molecular formula is C24H26ClN5O4S. The number of aryl methyl sites for hydroxylation is 1. The SMILES string of the molecule is COc1c(C)nc(Cl)c(C(=O)Nc2nnc(OCC34CCC(O)(CC3)CC4)s2)c1-c1ccncc1. The van der Waals surface area contributed by atoms with Crippen LogP contribution in [0.1, 0.15) is 54.6 Å². The lowest BCUT2D eigenvalue weighted by atomic mass is 9.59. The van der Waals surface area contributed by atoms with Crippen LogP contribution < -0.4 is 14.8 Å². The molecule has 3 fully saturated rings. The molecule has 3 saturated carbocycles. The number of ether oxygens (including phenoxy) is 2. The molecule has 9 nitrogen and oxygen atoms in total. The Labute approximate surface area is 211 Å². The molecule has 0 spiro atoms. The molecule has 2 N–H and O–H groups in total. The monoisotopic (exact) mass is 515 g/mol. The topological polar surface area (TPSA) is 119 Å². The van der Waals surface area contributed by atoms with Gasteiger partial charge in [0.1, 0.15) is 10.9 Å². The third-order valence-electron chi connectivity index (χ3n) is 7.17. The number of halogens is 1. The number of nitrogens with zero attached hydrogens (tertiary/aromatic N) is 4. The molecule has 0 aromatic carbocycles. The number of hydrogen-bond acceptors (Lipinski definition) is 9. The van der Waals surface area contributed by atoms with Crippen molar-refractivity contribution in [1.29, 1.82) is 0 Å². The van der Waals surface area contributed by atoms with Gasteiger partial charge in [-0.15, -0.1) is 5.10 Å². The lowest BCUT2D eigenvalue weighted by Gasteiger charge is -2.50. The Hall–Kier alpha value is -2.82. The predicted octanol–water partition coefficient (Wildman–Crippen LogP) is 4.68. The fourth-order valence-electron chi connectivity index (χ4n) is 5.06. The number of anilines is 1. The quantitative estimate of drug-likeness (QED) is 0.435. The van der Waals surface area contributed by atoms with Crippen LogP contribution in [0.2, 0.25) is 5.15 Å². The van der Waals surface area contributed by atoms with Gasteiger partial charge in [-0.1, -0.05) is 16.7 Å². The van der Waals surface area contributed by atoms with Crippen LogP contribution in [0.3, 0.4) is 0 Å². The van der Waals surface area contributed by atoms with E-state index in [-0.39, 0.29) is 16.1 Å². The number of aromatic nitrogens is 4. The van der Waals surface area contributed by atoms with Gasteiger partial charge in [-0.3, -0.25) is 15.1 Å². The summed E-state index contributed by atoms with van der Waals surface area (Å²) in [5, 5.41) is 22.1. The summed E-state index contributed by atoms with van der Waals surface area (Å²) in [4.78, 5) is 21.7. The van der Waals surface area contributed by atoms with Gasteiger partial charge < -0.3 is 14.6 Å². The summed E-state index contributed by atoms with van der Waals surface area (Å²) in [7, 11) is 1.53. The van der Waals surface area contributed by atoms with E-state index in [2.05, 4.69) is 25.5 Å². The first-order valence-electron chi connectivity index (χ1n) is 11.5. The average molecular weight is 516 g/mol. The highest BCUT2D eigenvalue weighted by atomic mass is 35.5. The Morgan fingerprint density at radius 3 is 2.51 bits per heavy atom. The molecule has 0 aliphatic heterocycles. The number of aliphatic hydroxyl groups is 1. The second-order valence-electron chi connectivity index (χ2n) is 9.35.